The summed E-state index contributed by atoms with van der Waals surface area (Å²) in [5, 5.41) is 10.4. The predicted molar refractivity (Wildman–Crippen MR) is 88.8 cm³/mol. The molecule has 3 heteroatoms. The fourth-order valence-corrected chi connectivity index (χ4v) is 4.30. The van der Waals surface area contributed by atoms with Crippen LogP contribution in [0.3, 0.4) is 0 Å². The number of ether oxygens (including phenoxy) is 1. The van der Waals surface area contributed by atoms with E-state index in [-0.39, 0.29) is 17.6 Å². The van der Waals surface area contributed by atoms with Crippen molar-refractivity contribution in [3.63, 3.8) is 0 Å². The van der Waals surface area contributed by atoms with Crippen LogP contribution in [0.1, 0.15) is 56.1 Å². The van der Waals surface area contributed by atoms with Crippen molar-refractivity contribution in [3.05, 3.63) is 27.7 Å². The van der Waals surface area contributed by atoms with Gasteiger partial charge in [-0.1, -0.05) is 41.6 Å². The molecule has 0 heterocycles. The molecule has 0 aliphatic heterocycles. The standard InChI is InChI=1S/C18H25BrO2/c1-12-9-14(10-13(2)17(12)19)21-16-11-15(20)18(16)7-5-3-4-6-8-18/h9-10,15-16,20H,3-8,11H2,1-2H3. The van der Waals surface area contributed by atoms with Crippen LogP contribution in [-0.4, -0.2) is 17.3 Å². The van der Waals surface area contributed by atoms with Gasteiger partial charge >= 0.3 is 0 Å². The zero-order chi connectivity index (χ0) is 15.0. The van der Waals surface area contributed by atoms with Crippen LogP contribution in [0.5, 0.6) is 5.75 Å². The van der Waals surface area contributed by atoms with E-state index in [0.717, 1.165) is 29.5 Å². The Bertz CT molecular complexity index is 495. The van der Waals surface area contributed by atoms with Gasteiger partial charge in [0.25, 0.3) is 0 Å². The van der Waals surface area contributed by atoms with Crippen molar-refractivity contribution in [2.45, 2.75) is 71.0 Å². The zero-order valence-corrected chi connectivity index (χ0v) is 14.6. The van der Waals surface area contributed by atoms with Gasteiger partial charge in [0.05, 0.1) is 6.10 Å². The zero-order valence-electron chi connectivity index (χ0n) is 13.0. The summed E-state index contributed by atoms with van der Waals surface area (Å²) in [5.41, 5.74) is 2.44. The minimum absolute atomic E-state index is 0.0192. The maximum absolute atomic E-state index is 10.4. The lowest BCUT2D eigenvalue weighted by molar-refractivity contribution is -0.163. The molecule has 0 saturated heterocycles. The molecule has 1 spiro atoms. The number of halogens is 1. The highest BCUT2D eigenvalue weighted by Crippen LogP contribution is 2.52. The van der Waals surface area contributed by atoms with Gasteiger partial charge in [-0.05, 0) is 49.9 Å². The summed E-state index contributed by atoms with van der Waals surface area (Å²) in [7, 11) is 0. The van der Waals surface area contributed by atoms with Crippen molar-refractivity contribution in [3.8, 4) is 5.75 Å². The van der Waals surface area contributed by atoms with E-state index in [9.17, 15) is 5.11 Å². The Morgan fingerprint density at radius 3 is 2.19 bits per heavy atom. The van der Waals surface area contributed by atoms with E-state index in [1.165, 1.54) is 36.8 Å². The van der Waals surface area contributed by atoms with Crippen molar-refractivity contribution in [2.24, 2.45) is 5.41 Å². The van der Waals surface area contributed by atoms with E-state index in [4.69, 9.17) is 4.74 Å². The predicted octanol–water partition coefficient (Wildman–Crippen LogP) is 4.92. The number of aliphatic hydroxyl groups is 1. The highest BCUT2D eigenvalue weighted by atomic mass is 79.9. The molecule has 0 amide bonds. The maximum atomic E-state index is 10.4. The molecular formula is C18H25BrO2. The average Bonchev–Trinajstić information content (AvgIpc) is 2.72. The summed E-state index contributed by atoms with van der Waals surface area (Å²) in [5.74, 6) is 0.953. The third-order valence-corrected chi connectivity index (χ3v) is 6.72. The lowest BCUT2D eigenvalue weighted by Crippen LogP contribution is -2.59. The van der Waals surface area contributed by atoms with E-state index in [2.05, 4.69) is 41.9 Å². The second kappa shape index (κ2) is 5.92. The molecule has 2 fully saturated rings. The molecule has 2 aliphatic carbocycles. The van der Waals surface area contributed by atoms with Gasteiger partial charge in [0.15, 0.2) is 0 Å². The first-order valence-corrected chi connectivity index (χ1v) is 8.94. The molecule has 1 aromatic rings. The highest BCUT2D eigenvalue weighted by molar-refractivity contribution is 9.10. The largest absolute Gasteiger partial charge is 0.490 e. The molecule has 0 bridgehead atoms. The van der Waals surface area contributed by atoms with E-state index in [1.807, 2.05) is 0 Å². The number of rotatable bonds is 2. The molecular weight excluding hydrogens is 328 g/mol. The van der Waals surface area contributed by atoms with Crippen molar-refractivity contribution in [1.29, 1.82) is 0 Å². The minimum Gasteiger partial charge on any atom is -0.490 e. The second-order valence-corrected chi connectivity index (χ2v) is 7.67. The molecule has 1 N–H and O–H groups in total. The van der Waals surface area contributed by atoms with Gasteiger partial charge in [0.1, 0.15) is 11.9 Å². The molecule has 2 atom stereocenters. The lowest BCUT2D eigenvalue weighted by Gasteiger charge is -2.53. The first-order chi connectivity index (χ1) is 10.0. The van der Waals surface area contributed by atoms with Crippen LogP contribution in [0.2, 0.25) is 0 Å². The smallest absolute Gasteiger partial charge is 0.120 e. The van der Waals surface area contributed by atoms with Gasteiger partial charge in [-0.3, -0.25) is 0 Å². The first-order valence-electron chi connectivity index (χ1n) is 8.14. The maximum Gasteiger partial charge on any atom is 0.120 e. The molecule has 2 nitrogen and oxygen atoms in total. The Morgan fingerprint density at radius 2 is 1.67 bits per heavy atom. The van der Waals surface area contributed by atoms with Crippen LogP contribution < -0.4 is 4.74 Å². The van der Waals surface area contributed by atoms with Gasteiger partial charge in [0, 0.05) is 16.3 Å². The van der Waals surface area contributed by atoms with Crippen LogP contribution in [0.15, 0.2) is 16.6 Å². The van der Waals surface area contributed by atoms with Gasteiger partial charge in [0.2, 0.25) is 0 Å². The fourth-order valence-electron chi connectivity index (χ4n) is 4.07. The molecule has 116 valence electrons. The summed E-state index contributed by atoms with van der Waals surface area (Å²) >= 11 is 3.60. The first kappa shape index (κ1) is 15.4. The Hall–Kier alpha value is -0.540. The minimum atomic E-state index is -0.168. The molecule has 21 heavy (non-hydrogen) atoms. The molecule has 0 radical (unpaired) electrons. The topological polar surface area (TPSA) is 29.5 Å². The van der Waals surface area contributed by atoms with Gasteiger partial charge in [-0.15, -0.1) is 0 Å². The molecule has 2 aliphatic rings. The Balaban J connectivity index is 1.78. The van der Waals surface area contributed by atoms with Gasteiger partial charge in [-0.2, -0.15) is 0 Å². The van der Waals surface area contributed by atoms with Crippen LogP contribution in [0.4, 0.5) is 0 Å². The quantitative estimate of drug-likeness (QED) is 0.818. The summed E-state index contributed by atoms with van der Waals surface area (Å²) in [6, 6.07) is 4.21. The third kappa shape index (κ3) is 2.75. The summed E-state index contributed by atoms with van der Waals surface area (Å²) < 4.78 is 7.47. The number of hydrogen-bond donors (Lipinski definition) is 1. The van der Waals surface area contributed by atoms with Crippen LogP contribution in [0, 0.1) is 19.3 Å². The van der Waals surface area contributed by atoms with Crippen LogP contribution in [0.25, 0.3) is 0 Å². The monoisotopic (exact) mass is 352 g/mol. The number of benzene rings is 1. The molecule has 0 aromatic heterocycles. The molecule has 3 rings (SSSR count). The Labute approximate surface area is 136 Å². The summed E-state index contributed by atoms with van der Waals surface area (Å²) in [6.45, 7) is 4.20. The highest BCUT2D eigenvalue weighted by Gasteiger charge is 2.55. The summed E-state index contributed by atoms with van der Waals surface area (Å²) in [6.07, 6.45) is 8.11. The SMILES string of the molecule is Cc1cc(OC2CC(O)C23CCCCCC3)cc(C)c1Br. The fraction of sp³-hybridized carbons (Fsp3) is 0.667. The number of aliphatic hydroxyl groups excluding tert-OH is 1. The average molecular weight is 353 g/mol. The van der Waals surface area contributed by atoms with Crippen molar-refractivity contribution >= 4 is 15.9 Å². The van der Waals surface area contributed by atoms with Crippen molar-refractivity contribution in [2.75, 3.05) is 0 Å². The third-order valence-electron chi connectivity index (χ3n) is 5.46. The number of hydrogen-bond acceptors (Lipinski definition) is 2. The van der Waals surface area contributed by atoms with E-state index in [0.29, 0.717) is 0 Å². The number of aryl methyl sites for hydroxylation is 2. The normalized spacial score (nSPS) is 28.0. The molecule has 2 saturated carbocycles. The van der Waals surface area contributed by atoms with Crippen molar-refractivity contribution in [1.82, 2.24) is 0 Å². The van der Waals surface area contributed by atoms with Crippen LogP contribution >= 0.6 is 15.9 Å². The summed E-state index contributed by atoms with van der Waals surface area (Å²) in [4.78, 5) is 0. The van der Waals surface area contributed by atoms with Gasteiger partial charge in [-0.25, -0.2) is 0 Å². The van der Waals surface area contributed by atoms with E-state index < -0.39 is 0 Å². The molecule has 1 aromatic carbocycles. The van der Waals surface area contributed by atoms with E-state index in [1.54, 1.807) is 0 Å². The van der Waals surface area contributed by atoms with E-state index >= 15 is 0 Å². The van der Waals surface area contributed by atoms with Crippen LogP contribution in [-0.2, 0) is 0 Å². The second-order valence-electron chi connectivity index (χ2n) is 6.88. The Morgan fingerprint density at radius 1 is 1.10 bits per heavy atom. The molecule has 2 unspecified atom stereocenters. The van der Waals surface area contributed by atoms with Crippen molar-refractivity contribution < 1.29 is 9.84 Å². The van der Waals surface area contributed by atoms with Gasteiger partial charge < -0.3 is 9.84 Å². The Kier molecular flexibility index (Phi) is 4.33. The lowest BCUT2D eigenvalue weighted by atomic mass is 9.59.